The number of amides is 2. The molecule has 3 rings (SSSR count). The van der Waals surface area contributed by atoms with Crippen LogP contribution in [0.3, 0.4) is 0 Å². The molecule has 158 valence electrons. The number of nitrogens with one attached hydrogen (secondary N) is 1. The summed E-state index contributed by atoms with van der Waals surface area (Å²) in [6.45, 7) is 2.95. The molecule has 0 unspecified atom stereocenters. The minimum absolute atomic E-state index is 0.0632. The fourth-order valence-electron chi connectivity index (χ4n) is 3.31. The number of carbonyl (C=O) groups excluding carboxylic acids is 3. The Bertz CT molecular complexity index is 867. The van der Waals surface area contributed by atoms with Crippen LogP contribution in [-0.2, 0) is 25.5 Å². The van der Waals surface area contributed by atoms with Gasteiger partial charge < -0.3 is 19.7 Å². The van der Waals surface area contributed by atoms with Crippen molar-refractivity contribution in [3.63, 3.8) is 0 Å². The van der Waals surface area contributed by atoms with Crippen LogP contribution in [0.5, 0.6) is 5.75 Å². The molecule has 2 aromatic rings. The lowest BCUT2D eigenvalue weighted by atomic mass is 10.1. The van der Waals surface area contributed by atoms with Gasteiger partial charge in [-0.1, -0.05) is 30.3 Å². The van der Waals surface area contributed by atoms with E-state index < -0.39 is 17.8 Å². The van der Waals surface area contributed by atoms with Crippen LogP contribution in [0.1, 0.15) is 18.9 Å². The Kier molecular flexibility index (Phi) is 7.43. The van der Waals surface area contributed by atoms with Crippen LogP contribution in [0.15, 0.2) is 54.6 Å². The average Bonchev–Trinajstić information content (AvgIpc) is 3.13. The molecule has 7 nitrogen and oxygen atoms in total. The Morgan fingerprint density at radius 3 is 2.53 bits per heavy atom. The number of ether oxygens (including phenoxy) is 2. The Morgan fingerprint density at radius 1 is 1.10 bits per heavy atom. The minimum Gasteiger partial charge on any atom is -0.494 e. The predicted octanol–water partition coefficient (Wildman–Crippen LogP) is 2.66. The van der Waals surface area contributed by atoms with Gasteiger partial charge in [-0.2, -0.15) is 0 Å². The second-order valence-electron chi connectivity index (χ2n) is 7.09. The zero-order valence-electron chi connectivity index (χ0n) is 17.0. The third-order valence-corrected chi connectivity index (χ3v) is 4.86. The Balaban J connectivity index is 1.41. The van der Waals surface area contributed by atoms with E-state index in [0.29, 0.717) is 31.1 Å². The van der Waals surface area contributed by atoms with Gasteiger partial charge in [0, 0.05) is 25.2 Å². The van der Waals surface area contributed by atoms with Gasteiger partial charge in [0.15, 0.2) is 6.61 Å². The van der Waals surface area contributed by atoms with Crippen LogP contribution >= 0.6 is 0 Å². The zero-order chi connectivity index (χ0) is 21.3. The SMILES string of the molecule is CCOc1ccc(NC(=O)COC(=O)[C@H]2CC(=O)N(CCc3ccccc3)C2)cc1. The van der Waals surface area contributed by atoms with Crippen molar-refractivity contribution in [2.45, 2.75) is 19.8 Å². The van der Waals surface area contributed by atoms with Gasteiger partial charge in [-0.3, -0.25) is 14.4 Å². The molecule has 1 saturated heterocycles. The van der Waals surface area contributed by atoms with E-state index in [1.165, 1.54) is 0 Å². The van der Waals surface area contributed by atoms with E-state index >= 15 is 0 Å². The number of carbonyl (C=O) groups is 3. The molecule has 0 spiro atoms. The Morgan fingerprint density at radius 2 is 1.83 bits per heavy atom. The monoisotopic (exact) mass is 410 g/mol. The number of likely N-dealkylation sites (tertiary alicyclic amines) is 1. The number of hydrogen-bond acceptors (Lipinski definition) is 5. The third-order valence-electron chi connectivity index (χ3n) is 4.86. The van der Waals surface area contributed by atoms with Crippen molar-refractivity contribution in [1.29, 1.82) is 0 Å². The largest absolute Gasteiger partial charge is 0.494 e. The molecule has 0 aliphatic carbocycles. The molecule has 7 heteroatoms. The van der Waals surface area contributed by atoms with Crippen LogP contribution in [0.4, 0.5) is 5.69 Å². The molecule has 1 heterocycles. The van der Waals surface area contributed by atoms with E-state index in [1.807, 2.05) is 37.3 Å². The highest BCUT2D eigenvalue weighted by Crippen LogP contribution is 2.20. The summed E-state index contributed by atoms with van der Waals surface area (Å²) < 4.78 is 10.5. The van der Waals surface area contributed by atoms with Crippen LogP contribution in [0.2, 0.25) is 0 Å². The molecule has 2 aromatic carbocycles. The van der Waals surface area contributed by atoms with E-state index in [-0.39, 0.29) is 18.9 Å². The molecule has 1 aliphatic rings. The number of hydrogen-bond donors (Lipinski definition) is 1. The Labute approximate surface area is 176 Å². The fraction of sp³-hybridized carbons (Fsp3) is 0.348. The van der Waals surface area contributed by atoms with E-state index in [0.717, 1.165) is 12.0 Å². The first-order valence-corrected chi connectivity index (χ1v) is 10.1. The van der Waals surface area contributed by atoms with Gasteiger partial charge in [0.2, 0.25) is 5.91 Å². The van der Waals surface area contributed by atoms with E-state index in [2.05, 4.69) is 5.32 Å². The fourth-order valence-corrected chi connectivity index (χ4v) is 3.31. The summed E-state index contributed by atoms with van der Waals surface area (Å²) in [7, 11) is 0. The summed E-state index contributed by atoms with van der Waals surface area (Å²) >= 11 is 0. The molecular weight excluding hydrogens is 384 g/mol. The molecule has 30 heavy (non-hydrogen) atoms. The molecular formula is C23H26N2O5. The summed E-state index contributed by atoms with van der Waals surface area (Å²) in [6, 6.07) is 16.8. The molecule has 1 aliphatic heterocycles. The van der Waals surface area contributed by atoms with Gasteiger partial charge in [-0.25, -0.2) is 0 Å². The van der Waals surface area contributed by atoms with E-state index in [4.69, 9.17) is 9.47 Å². The molecule has 0 saturated carbocycles. The van der Waals surface area contributed by atoms with Gasteiger partial charge in [0.05, 0.1) is 12.5 Å². The number of anilines is 1. The van der Waals surface area contributed by atoms with Crippen LogP contribution in [-0.4, -0.2) is 49.0 Å². The summed E-state index contributed by atoms with van der Waals surface area (Å²) in [5.74, 6) is -0.840. The maximum Gasteiger partial charge on any atom is 0.311 e. The molecule has 2 amide bonds. The maximum absolute atomic E-state index is 12.3. The normalized spacial score (nSPS) is 15.7. The third kappa shape index (κ3) is 6.07. The molecule has 1 fully saturated rings. The van der Waals surface area contributed by atoms with Crippen molar-refractivity contribution in [2.75, 3.05) is 31.6 Å². The van der Waals surface area contributed by atoms with Gasteiger partial charge in [0.25, 0.3) is 5.91 Å². The van der Waals surface area contributed by atoms with Gasteiger partial charge >= 0.3 is 5.97 Å². The first kappa shape index (κ1) is 21.4. The summed E-state index contributed by atoms with van der Waals surface area (Å²) in [6.07, 6.45) is 0.854. The summed E-state index contributed by atoms with van der Waals surface area (Å²) in [5.41, 5.74) is 1.73. The first-order valence-electron chi connectivity index (χ1n) is 10.1. The van der Waals surface area contributed by atoms with Crippen molar-refractivity contribution in [2.24, 2.45) is 5.92 Å². The highest BCUT2D eigenvalue weighted by molar-refractivity contribution is 5.93. The first-order chi connectivity index (χ1) is 14.5. The van der Waals surface area contributed by atoms with E-state index in [1.54, 1.807) is 29.2 Å². The smallest absolute Gasteiger partial charge is 0.311 e. The lowest BCUT2D eigenvalue weighted by Gasteiger charge is -2.16. The Hall–Kier alpha value is -3.35. The maximum atomic E-state index is 12.3. The molecule has 0 aromatic heterocycles. The topological polar surface area (TPSA) is 84.9 Å². The van der Waals surface area contributed by atoms with Crippen molar-refractivity contribution >= 4 is 23.5 Å². The van der Waals surface area contributed by atoms with Crippen molar-refractivity contribution in [3.05, 3.63) is 60.2 Å². The quantitative estimate of drug-likeness (QED) is 0.643. The highest BCUT2D eigenvalue weighted by atomic mass is 16.5. The minimum atomic E-state index is -0.536. The van der Waals surface area contributed by atoms with Crippen LogP contribution in [0, 0.1) is 5.92 Å². The molecule has 1 N–H and O–H groups in total. The second kappa shape index (κ2) is 10.4. The number of rotatable bonds is 9. The highest BCUT2D eigenvalue weighted by Gasteiger charge is 2.35. The van der Waals surface area contributed by atoms with E-state index in [9.17, 15) is 14.4 Å². The standard InChI is InChI=1S/C23H26N2O5/c1-2-29-20-10-8-19(9-11-20)24-21(26)16-30-23(28)18-14-22(27)25(15-18)13-12-17-6-4-3-5-7-17/h3-11,18H,2,12-16H2,1H3,(H,24,26)/t18-/m0/s1. The lowest BCUT2D eigenvalue weighted by Crippen LogP contribution is -2.29. The second-order valence-corrected chi connectivity index (χ2v) is 7.09. The molecule has 1 atom stereocenters. The summed E-state index contributed by atoms with van der Waals surface area (Å²) in [5, 5.41) is 2.66. The van der Waals surface area contributed by atoms with Crippen molar-refractivity contribution in [1.82, 2.24) is 4.90 Å². The number of benzene rings is 2. The van der Waals surface area contributed by atoms with Gasteiger partial charge in [-0.05, 0) is 43.2 Å². The van der Waals surface area contributed by atoms with Gasteiger partial charge in [-0.15, -0.1) is 0 Å². The zero-order valence-corrected chi connectivity index (χ0v) is 17.0. The van der Waals surface area contributed by atoms with Crippen LogP contribution < -0.4 is 10.1 Å². The van der Waals surface area contributed by atoms with Crippen LogP contribution in [0.25, 0.3) is 0 Å². The molecule has 0 bridgehead atoms. The average molecular weight is 410 g/mol. The number of nitrogens with zero attached hydrogens (tertiary/aromatic N) is 1. The predicted molar refractivity (Wildman–Crippen MR) is 112 cm³/mol. The van der Waals surface area contributed by atoms with Crippen molar-refractivity contribution in [3.8, 4) is 5.75 Å². The van der Waals surface area contributed by atoms with Gasteiger partial charge in [0.1, 0.15) is 5.75 Å². The lowest BCUT2D eigenvalue weighted by molar-refractivity contribution is -0.151. The molecule has 0 radical (unpaired) electrons. The summed E-state index contributed by atoms with van der Waals surface area (Å²) in [4.78, 5) is 38.2. The van der Waals surface area contributed by atoms with Crippen molar-refractivity contribution < 1.29 is 23.9 Å². The number of esters is 1.